The van der Waals surface area contributed by atoms with Gasteiger partial charge in [-0.3, -0.25) is 9.59 Å². The lowest BCUT2D eigenvalue weighted by Crippen LogP contribution is -2.32. The van der Waals surface area contributed by atoms with E-state index in [1.54, 1.807) is 0 Å². The van der Waals surface area contributed by atoms with Crippen molar-refractivity contribution in [2.45, 2.75) is 33.6 Å². The van der Waals surface area contributed by atoms with Crippen LogP contribution in [0.4, 0.5) is 0 Å². The lowest BCUT2D eigenvalue weighted by molar-refractivity contribution is -0.137. The Morgan fingerprint density at radius 2 is 1.87 bits per heavy atom. The highest BCUT2D eigenvalue weighted by atomic mass is 16.2. The lowest BCUT2D eigenvalue weighted by atomic mass is 10.0. The summed E-state index contributed by atoms with van der Waals surface area (Å²) in [5.41, 5.74) is 13.7. The van der Waals surface area contributed by atoms with E-state index in [1.807, 2.05) is 19.9 Å². The maximum atomic E-state index is 11.1. The molecule has 0 fully saturated rings. The summed E-state index contributed by atoms with van der Waals surface area (Å²) >= 11 is 0. The van der Waals surface area contributed by atoms with Crippen LogP contribution >= 0.6 is 0 Å². The Balaban J connectivity index is 2.43. The van der Waals surface area contributed by atoms with Gasteiger partial charge >= 0.3 is 11.8 Å². The van der Waals surface area contributed by atoms with E-state index in [2.05, 4.69) is 42.6 Å². The van der Waals surface area contributed by atoms with E-state index in [-0.39, 0.29) is 0 Å². The second kappa shape index (κ2) is 6.60. The molecule has 0 atom stereocenters. The number of primary amides is 1. The quantitative estimate of drug-likeness (QED) is 0.518. The summed E-state index contributed by atoms with van der Waals surface area (Å²) in [5.74, 6) is -1.56. The molecule has 0 saturated heterocycles. The van der Waals surface area contributed by atoms with Crippen LogP contribution in [0.3, 0.4) is 0 Å². The SMILES string of the molecule is Cc1cc(/C=N/NC(=O)C(N)=O)c2c(C)ccc(C(C)C)cc1-2. The Morgan fingerprint density at radius 3 is 2.48 bits per heavy atom. The molecular formula is C18H21N3O2. The molecule has 0 bridgehead atoms. The van der Waals surface area contributed by atoms with E-state index in [1.165, 1.54) is 17.3 Å². The van der Waals surface area contributed by atoms with Gasteiger partial charge in [-0.15, -0.1) is 0 Å². The van der Waals surface area contributed by atoms with Crippen LogP contribution in [0.2, 0.25) is 0 Å². The van der Waals surface area contributed by atoms with Crippen molar-refractivity contribution in [3.8, 4) is 11.1 Å². The van der Waals surface area contributed by atoms with Gasteiger partial charge in [0.1, 0.15) is 0 Å². The van der Waals surface area contributed by atoms with E-state index < -0.39 is 11.8 Å². The molecule has 0 aromatic heterocycles. The summed E-state index contributed by atoms with van der Waals surface area (Å²) in [6.45, 7) is 8.42. The first-order chi connectivity index (χ1) is 10.8. The molecule has 0 heterocycles. The average molecular weight is 311 g/mol. The molecule has 0 aromatic rings. The zero-order valence-corrected chi connectivity index (χ0v) is 13.8. The Kier molecular flexibility index (Phi) is 4.79. The number of rotatable bonds is 3. The van der Waals surface area contributed by atoms with Crippen molar-refractivity contribution in [2.24, 2.45) is 10.8 Å². The minimum atomic E-state index is -1.06. The van der Waals surface area contributed by atoms with E-state index in [0.29, 0.717) is 5.92 Å². The van der Waals surface area contributed by atoms with Crippen LogP contribution in [-0.4, -0.2) is 18.0 Å². The predicted molar refractivity (Wildman–Crippen MR) is 91.6 cm³/mol. The molecule has 2 aliphatic carbocycles. The van der Waals surface area contributed by atoms with Crippen LogP contribution in [0.5, 0.6) is 0 Å². The first kappa shape index (κ1) is 16.7. The molecule has 0 aromatic carbocycles. The monoisotopic (exact) mass is 311 g/mol. The van der Waals surface area contributed by atoms with Gasteiger partial charge in [-0.2, -0.15) is 5.10 Å². The molecule has 2 rings (SSSR count). The number of aryl methyl sites for hydroxylation is 2. The zero-order chi connectivity index (χ0) is 17.1. The molecule has 0 unspecified atom stereocenters. The summed E-state index contributed by atoms with van der Waals surface area (Å²) in [7, 11) is 0. The zero-order valence-electron chi connectivity index (χ0n) is 13.8. The molecule has 3 N–H and O–H groups in total. The Hall–Kier alpha value is -2.69. The van der Waals surface area contributed by atoms with Crippen LogP contribution in [-0.2, 0) is 9.59 Å². The number of nitrogens with zero attached hydrogens (tertiary/aromatic N) is 1. The van der Waals surface area contributed by atoms with Crippen LogP contribution in [0.25, 0.3) is 11.1 Å². The van der Waals surface area contributed by atoms with Crippen molar-refractivity contribution in [2.75, 3.05) is 0 Å². The second-order valence-electron chi connectivity index (χ2n) is 5.95. The number of fused-ring (bicyclic) bond motifs is 1. The number of hydrazone groups is 1. The molecule has 5 heteroatoms. The summed E-state index contributed by atoms with van der Waals surface area (Å²) < 4.78 is 0. The fourth-order valence-corrected chi connectivity index (χ4v) is 2.56. The Labute approximate surface area is 135 Å². The van der Waals surface area contributed by atoms with Crippen LogP contribution in [0.15, 0.2) is 29.4 Å². The lowest BCUT2D eigenvalue weighted by Gasteiger charge is -2.04. The van der Waals surface area contributed by atoms with Gasteiger partial charge in [0.2, 0.25) is 0 Å². The smallest absolute Gasteiger partial charge is 0.329 e. The van der Waals surface area contributed by atoms with Gasteiger partial charge in [0.15, 0.2) is 0 Å². The maximum absolute atomic E-state index is 11.1. The van der Waals surface area contributed by atoms with Gasteiger partial charge < -0.3 is 5.73 Å². The molecule has 0 aliphatic heterocycles. The fraction of sp³-hybridized carbons (Fsp3) is 0.278. The van der Waals surface area contributed by atoms with Crippen LogP contribution in [0, 0.1) is 13.8 Å². The van der Waals surface area contributed by atoms with Crippen molar-refractivity contribution < 1.29 is 9.59 Å². The standard InChI is InChI=1S/C18H21N3O2/c1-10(2)13-6-5-11(3)16-14(7-12(4)15(16)8-13)9-20-21-18(23)17(19)22/h5-10H,1-4H3,(H2,19,22)(H,21,23)/b20-9+. The number of hydrogen-bond acceptors (Lipinski definition) is 3. The van der Waals surface area contributed by atoms with Crippen LogP contribution < -0.4 is 11.2 Å². The first-order valence-corrected chi connectivity index (χ1v) is 7.48. The third-order valence-electron chi connectivity index (χ3n) is 3.85. The Morgan fingerprint density at radius 1 is 1.17 bits per heavy atom. The number of nitrogens with two attached hydrogens (primary N) is 1. The van der Waals surface area contributed by atoms with Crippen molar-refractivity contribution in [1.29, 1.82) is 0 Å². The molecule has 2 amide bonds. The van der Waals surface area contributed by atoms with E-state index in [0.717, 1.165) is 22.3 Å². The van der Waals surface area contributed by atoms with E-state index >= 15 is 0 Å². The summed E-state index contributed by atoms with van der Waals surface area (Å²) in [5, 5.41) is 3.82. The molecule has 2 aliphatic rings. The van der Waals surface area contributed by atoms with Gasteiger partial charge in [-0.25, -0.2) is 5.43 Å². The highest BCUT2D eigenvalue weighted by Gasteiger charge is 2.15. The van der Waals surface area contributed by atoms with Crippen molar-refractivity contribution in [3.63, 3.8) is 0 Å². The average Bonchev–Trinajstić information content (AvgIpc) is 2.66. The minimum absolute atomic E-state index is 0.436. The van der Waals surface area contributed by atoms with Crippen molar-refractivity contribution >= 4 is 18.0 Å². The van der Waals surface area contributed by atoms with E-state index in [4.69, 9.17) is 5.73 Å². The predicted octanol–water partition coefficient (Wildman–Crippen LogP) is 2.47. The number of carbonyl (C=O) groups excluding carboxylic acids is 2. The second-order valence-corrected chi connectivity index (χ2v) is 5.95. The topological polar surface area (TPSA) is 84.6 Å². The number of carbonyl (C=O) groups is 2. The van der Waals surface area contributed by atoms with E-state index in [9.17, 15) is 9.59 Å². The third kappa shape index (κ3) is 3.56. The van der Waals surface area contributed by atoms with Gasteiger partial charge in [0.05, 0.1) is 6.21 Å². The maximum Gasteiger partial charge on any atom is 0.329 e. The number of amides is 2. The molecule has 0 spiro atoms. The van der Waals surface area contributed by atoms with Crippen molar-refractivity contribution in [3.05, 3.63) is 46.5 Å². The highest BCUT2D eigenvalue weighted by Crippen LogP contribution is 2.35. The normalized spacial score (nSPS) is 11.3. The highest BCUT2D eigenvalue weighted by molar-refractivity contribution is 6.34. The molecule has 0 saturated carbocycles. The van der Waals surface area contributed by atoms with Gasteiger partial charge in [0, 0.05) is 5.56 Å². The summed E-state index contributed by atoms with van der Waals surface area (Å²) in [6.07, 6.45) is 1.54. The number of nitrogens with one attached hydrogen (secondary N) is 1. The van der Waals surface area contributed by atoms with Gasteiger partial charge in [0.25, 0.3) is 0 Å². The molecule has 0 radical (unpaired) electrons. The van der Waals surface area contributed by atoms with Crippen molar-refractivity contribution in [1.82, 2.24) is 5.43 Å². The summed E-state index contributed by atoms with van der Waals surface area (Å²) in [4.78, 5) is 21.8. The van der Waals surface area contributed by atoms with Gasteiger partial charge in [-0.05, 0) is 53.6 Å². The molecule has 23 heavy (non-hydrogen) atoms. The molecule has 5 nitrogen and oxygen atoms in total. The molecule has 120 valence electrons. The Bertz CT molecular complexity index is 763. The minimum Gasteiger partial charge on any atom is -0.361 e. The third-order valence-corrected chi connectivity index (χ3v) is 3.85. The largest absolute Gasteiger partial charge is 0.361 e. The fourth-order valence-electron chi connectivity index (χ4n) is 2.56. The first-order valence-electron chi connectivity index (χ1n) is 7.48. The van der Waals surface area contributed by atoms with Crippen LogP contribution in [0.1, 0.15) is 42.0 Å². The molecular weight excluding hydrogens is 290 g/mol. The summed E-state index contributed by atoms with van der Waals surface area (Å²) in [6, 6.07) is 8.44. The number of hydrogen-bond donors (Lipinski definition) is 2. The van der Waals surface area contributed by atoms with Gasteiger partial charge in [-0.1, -0.05) is 32.0 Å².